The Balaban J connectivity index is 1.31. The summed E-state index contributed by atoms with van der Waals surface area (Å²) >= 11 is 0. The summed E-state index contributed by atoms with van der Waals surface area (Å²) in [7, 11) is 1.51. The second kappa shape index (κ2) is 10.5. The highest BCUT2D eigenvalue weighted by atomic mass is 19.1. The maximum atomic E-state index is 14.2. The van der Waals surface area contributed by atoms with Crippen LogP contribution in [-0.4, -0.2) is 55.7 Å². The lowest BCUT2D eigenvalue weighted by molar-refractivity contribution is 0.0711. The Morgan fingerprint density at radius 3 is 2.51 bits per heavy atom. The van der Waals surface area contributed by atoms with Gasteiger partial charge in [0.05, 0.1) is 24.1 Å². The quantitative estimate of drug-likeness (QED) is 0.527. The van der Waals surface area contributed by atoms with Gasteiger partial charge in [0.2, 0.25) is 0 Å². The molecule has 2 aliphatic rings. The molecule has 2 aromatic carbocycles. The van der Waals surface area contributed by atoms with Gasteiger partial charge in [-0.05, 0) is 44.0 Å². The highest BCUT2D eigenvalue weighted by molar-refractivity contribution is 6.07. The summed E-state index contributed by atoms with van der Waals surface area (Å²) in [4.78, 5) is 29.8. The van der Waals surface area contributed by atoms with E-state index in [1.807, 2.05) is 17.9 Å². The molecule has 1 aromatic heterocycles. The monoisotopic (exact) mass is 504 g/mol. The maximum Gasteiger partial charge on any atom is 0.289 e. The Bertz CT molecular complexity index is 1360. The number of ether oxygens (including phenoxy) is 1. The number of anilines is 1. The fourth-order valence-corrected chi connectivity index (χ4v) is 5.00. The Hall–Kier alpha value is -4.14. The number of methoxy groups -OCH3 is 1. The zero-order valence-corrected chi connectivity index (χ0v) is 20.9. The van der Waals surface area contributed by atoms with E-state index in [1.165, 1.54) is 13.2 Å². The third-order valence-corrected chi connectivity index (χ3v) is 6.92. The lowest BCUT2D eigenvalue weighted by Gasteiger charge is -2.35. The van der Waals surface area contributed by atoms with Crippen LogP contribution in [0.25, 0.3) is 0 Å². The van der Waals surface area contributed by atoms with Crippen LogP contribution in [0.5, 0.6) is 5.75 Å². The third-order valence-electron chi connectivity index (χ3n) is 6.92. The lowest BCUT2D eigenvalue weighted by Crippen LogP contribution is -2.49. The van der Waals surface area contributed by atoms with Gasteiger partial charge < -0.3 is 19.0 Å². The van der Waals surface area contributed by atoms with Gasteiger partial charge in [0, 0.05) is 43.7 Å². The average Bonchev–Trinajstić information content (AvgIpc) is 3.28. The van der Waals surface area contributed by atoms with Crippen molar-refractivity contribution >= 4 is 23.2 Å². The first-order valence-electron chi connectivity index (χ1n) is 12.4. The molecule has 0 unspecified atom stereocenters. The zero-order chi connectivity index (χ0) is 25.9. The van der Waals surface area contributed by atoms with E-state index < -0.39 is 0 Å². The number of benzene rings is 2. The zero-order valence-electron chi connectivity index (χ0n) is 20.9. The van der Waals surface area contributed by atoms with Crippen LogP contribution in [0.1, 0.15) is 50.6 Å². The Morgan fingerprint density at radius 1 is 1.03 bits per heavy atom. The summed E-state index contributed by atoms with van der Waals surface area (Å²) in [6.07, 6.45) is 2.16. The Kier molecular flexibility index (Phi) is 6.94. The van der Waals surface area contributed by atoms with Crippen LogP contribution in [-0.2, 0) is 6.42 Å². The minimum Gasteiger partial charge on any atom is -0.496 e. The summed E-state index contributed by atoms with van der Waals surface area (Å²) in [5, 5.41) is 4.41. The van der Waals surface area contributed by atoms with Crippen molar-refractivity contribution in [2.75, 3.05) is 38.2 Å². The number of halogens is 1. The molecular formula is C28H29FN4O4. The van der Waals surface area contributed by atoms with Crippen molar-refractivity contribution in [1.29, 1.82) is 0 Å². The van der Waals surface area contributed by atoms with E-state index in [4.69, 9.17) is 9.15 Å². The predicted molar refractivity (Wildman–Crippen MR) is 138 cm³/mol. The number of furan rings is 1. The molecule has 0 saturated carbocycles. The van der Waals surface area contributed by atoms with Crippen LogP contribution in [0, 0.1) is 12.7 Å². The number of carbonyl (C=O) groups is 2. The number of nitrogens with zero attached hydrogens (tertiary/aromatic N) is 3. The van der Waals surface area contributed by atoms with E-state index in [0.29, 0.717) is 73.3 Å². The summed E-state index contributed by atoms with van der Waals surface area (Å²) in [6, 6.07) is 13.6. The molecule has 3 aromatic rings. The molecule has 0 spiro atoms. The summed E-state index contributed by atoms with van der Waals surface area (Å²) in [6.45, 7) is 3.86. The number of amides is 2. The van der Waals surface area contributed by atoms with Crippen LogP contribution in [0.4, 0.5) is 10.1 Å². The van der Waals surface area contributed by atoms with Gasteiger partial charge in [0.15, 0.2) is 5.76 Å². The number of fused-ring (bicyclic) bond motifs is 1. The molecule has 0 bridgehead atoms. The molecule has 8 nitrogen and oxygen atoms in total. The summed E-state index contributed by atoms with van der Waals surface area (Å²) < 4.78 is 25.5. The van der Waals surface area contributed by atoms with Crippen LogP contribution in [0.15, 0.2) is 58.0 Å². The number of rotatable bonds is 5. The molecule has 1 fully saturated rings. The van der Waals surface area contributed by atoms with Crippen LogP contribution >= 0.6 is 0 Å². The van der Waals surface area contributed by atoms with E-state index in [0.717, 1.165) is 17.5 Å². The number of para-hydroxylation sites is 2. The van der Waals surface area contributed by atoms with Gasteiger partial charge >= 0.3 is 0 Å². The normalized spacial score (nSPS) is 16.5. The van der Waals surface area contributed by atoms with Gasteiger partial charge in [-0.3, -0.25) is 9.59 Å². The number of carbonyl (C=O) groups excluding carboxylic acids is 2. The lowest BCUT2D eigenvalue weighted by atomic mass is 9.93. The van der Waals surface area contributed by atoms with Crippen molar-refractivity contribution in [2.45, 2.75) is 26.2 Å². The van der Waals surface area contributed by atoms with E-state index in [1.54, 1.807) is 41.3 Å². The van der Waals surface area contributed by atoms with E-state index in [9.17, 15) is 14.0 Å². The Morgan fingerprint density at radius 2 is 1.76 bits per heavy atom. The van der Waals surface area contributed by atoms with E-state index in [-0.39, 0.29) is 17.6 Å². The average molecular weight is 505 g/mol. The maximum absolute atomic E-state index is 14.2. The minimum atomic E-state index is -0.373. The molecule has 1 N–H and O–H groups in total. The molecule has 1 saturated heterocycles. The molecule has 9 heteroatoms. The predicted octanol–water partition coefficient (Wildman–Crippen LogP) is 4.17. The molecular weight excluding hydrogens is 475 g/mol. The summed E-state index contributed by atoms with van der Waals surface area (Å²) in [5.41, 5.74) is 5.78. The molecule has 192 valence electrons. The number of aryl methyl sites for hydroxylation is 1. The first kappa shape index (κ1) is 24.5. The van der Waals surface area contributed by atoms with Crippen molar-refractivity contribution in [3.8, 4) is 5.75 Å². The third kappa shape index (κ3) is 4.81. The van der Waals surface area contributed by atoms with E-state index >= 15 is 0 Å². The number of piperazine rings is 1. The van der Waals surface area contributed by atoms with Crippen molar-refractivity contribution in [3.63, 3.8) is 0 Å². The van der Waals surface area contributed by atoms with Gasteiger partial charge in [0.1, 0.15) is 17.3 Å². The van der Waals surface area contributed by atoms with Gasteiger partial charge in [-0.15, -0.1) is 0 Å². The van der Waals surface area contributed by atoms with Gasteiger partial charge in [-0.25, -0.2) is 9.82 Å². The highest BCUT2D eigenvalue weighted by Crippen LogP contribution is 2.31. The SMILES string of the molecule is COc1ccccc1C(=O)N/N=C1\CCCc2oc(C(=O)N3CCN(c4ccccc4F)CC3)c(C)c21. The number of hydrazone groups is 1. The second-order valence-electron chi connectivity index (χ2n) is 9.14. The smallest absolute Gasteiger partial charge is 0.289 e. The topological polar surface area (TPSA) is 87.4 Å². The van der Waals surface area contributed by atoms with Crippen LogP contribution in [0.2, 0.25) is 0 Å². The van der Waals surface area contributed by atoms with Crippen molar-refractivity contribution in [1.82, 2.24) is 10.3 Å². The fraction of sp³-hybridized carbons (Fsp3) is 0.321. The second-order valence-corrected chi connectivity index (χ2v) is 9.14. The summed E-state index contributed by atoms with van der Waals surface area (Å²) in [5.74, 6) is 0.658. The van der Waals surface area contributed by atoms with Crippen molar-refractivity contribution < 1.29 is 23.1 Å². The molecule has 1 aliphatic carbocycles. The molecule has 0 atom stereocenters. The molecule has 0 radical (unpaired) electrons. The molecule has 2 heterocycles. The van der Waals surface area contributed by atoms with Gasteiger partial charge in [-0.2, -0.15) is 5.10 Å². The number of nitrogens with one attached hydrogen (secondary N) is 1. The minimum absolute atomic E-state index is 0.183. The van der Waals surface area contributed by atoms with E-state index in [2.05, 4.69) is 10.5 Å². The molecule has 1 aliphatic heterocycles. The molecule has 37 heavy (non-hydrogen) atoms. The largest absolute Gasteiger partial charge is 0.496 e. The van der Waals surface area contributed by atoms with Crippen LogP contribution in [0.3, 0.4) is 0 Å². The Labute approximate surface area is 214 Å². The number of hydrogen-bond acceptors (Lipinski definition) is 6. The fourth-order valence-electron chi connectivity index (χ4n) is 5.00. The standard InChI is InChI=1S/C28H29FN4O4/c1-18-25-21(30-31-27(34)19-8-3-6-12-23(19)36-2)10-7-13-24(25)37-26(18)28(35)33-16-14-32(15-17-33)22-11-5-4-9-20(22)29/h3-6,8-9,11-12H,7,10,13-17H2,1-2H3,(H,31,34)/b30-21+. The van der Waals surface area contributed by atoms with Crippen molar-refractivity contribution in [3.05, 3.63) is 82.6 Å². The number of hydrogen-bond donors (Lipinski definition) is 1. The first-order chi connectivity index (χ1) is 18.0. The highest BCUT2D eigenvalue weighted by Gasteiger charge is 2.32. The molecule has 2 amide bonds. The van der Waals surface area contributed by atoms with Crippen molar-refractivity contribution in [2.24, 2.45) is 5.10 Å². The first-order valence-corrected chi connectivity index (χ1v) is 12.4. The van der Waals surface area contributed by atoms with Crippen LogP contribution < -0.4 is 15.1 Å². The van der Waals surface area contributed by atoms with Gasteiger partial charge in [-0.1, -0.05) is 24.3 Å². The molecule has 5 rings (SSSR count). The van der Waals surface area contributed by atoms with Gasteiger partial charge in [0.25, 0.3) is 11.8 Å².